The number of H-pyrrole nitrogens is 1. The maximum atomic E-state index is 12.8. The lowest BCUT2D eigenvalue weighted by atomic mass is 10.0. The van der Waals surface area contributed by atoms with Gasteiger partial charge in [0.25, 0.3) is 5.91 Å². The average molecular weight is 505 g/mol. The summed E-state index contributed by atoms with van der Waals surface area (Å²) < 4.78 is 5.65. The van der Waals surface area contributed by atoms with Crippen LogP contribution in [-0.2, 0) is 22.5 Å². The molecule has 0 saturated carbocycles. The number of pyridine rings is 1. The number of aromatic nitrogens is 3. The maximum Gasteiger partial charge on any atom is 0.254 e. The topological polar surface area (TPSA) is 124 Å². The first-order chi connectivity index (χ1) is 17.7. The molecule has 4 heterocycles. The van der Waals surface area contributed by atoms with Gasteiger partial charge >= 0.3 is 0 Å². The Morgan fingerprint density at radius 2 is 1.95 bits per heavy atom. The Balaban J connectivity index is 1.49. The van der Waals surface area contributed by atoms with Crippen LogP contribution in [0.3, 0.4) is 0 Å². The predicted octanol–water partition coefficient (Wildman–Crippen LogP) is 2.46. The number of aliphatic hydroxyl groups is 1. The van der Waals surface area contributed by atoms with E-state index in [-0.39, 0.29) is 17.5 Å². The minimum Gasteiger partial charge on any atom is -0.381 e. The van der Waals surface area contributed by atoms with Crippen LogP contribution in [-0.4, -0.2) is 68.8 Å². The molecule has 1 atom stereocenters. The van der Waals surface area contributed by atoms with Gasteiger partial charge < -0.3 is 29.9 Å². The number of carbonyl (C=O) groups excluding carboxylic acids is 1. The van der Waals surface area contributed by atoms with Crippen molar-refractivity contribution in [2.24, 2.45) is 0 Å². The lowest BCUT2D eigenvalue weighted by Crippen LogP contribution is -2.48. The fourth-order valence-corrected chi connectivity index (χ4v) is 4.76. The van der Waals surface area contributed by atoms with Gasteiger partial charge in [0.05, 0.1) is 31.5 Å². The van der Waals surface area contributed by atoms with E-state index >= 15 is 0 Å². The van der Waals surface area contributed by atoms with Gasteiger partial charge in [-0.25, -0.2) is 9.97 Å². The highest BCUT2D eigenvalue weighted by Gasteiger charge is 2.34. The normalized spacial score (nSPS) is 17.9. The van der Waals surface area contributed by atoms with Crippen molar-refractivity contribution >= 4 is 23.2 Å². The van der Waals surface area contributed by atoms with E-state index in [0.717, 1.165) is 34.9 Å². The molecule has 3 N–H and O–H groups in total. The Hall–Kier alpha value is -3.76. The monoisotopic (exact) mass is 504 g/mol. The van der Waals surface area contributed by atoms with Crippen molar-refractivity contribution in [2.45, 2.75) is 45.4 Å². The highest BCUT2D eigenvalue weighted by atomic mass is 16.5. The van der Waals surface area contributed by atoms with E-state index in [1.165, 1.54) is 19.9 Å². The van der Waals surface area contributed by atoms with Gasteiger partial charge in [0, 0.05) is 36.0 Å². The fourth-order valence-electron chi connectivity index (χ4n) is 4.76. The van der Waals surface area contributed by atoms with Crippen molar-refractivity contribution < 1.29 is 14.6 Å². The molecule has 3 aromatic rings. The molecule has 10 nitrogen and oxygen atoms in total. The summed E-state index contributed by atoms with van der Waals surface area (Å²) in [5.74, 6) is 1.75. The van der Waals surface area contributed by atoms with Gasteiger partial charge in [-0.3, -0.25) is 9.59 Å². The van der Waals surface area contributed by atoms with Crippen molar-refractivity contribution in [3.8, 4) is 11.4 Å². The van der Waals surface area contributed by atoms with Crippen LogP contribution in [0.1, 0.15) is 32.0 Å². The number of nitrogens with one attached hydrogen (secondary N) is 2. The quantitative estimate of drug-likeness (QED) is 0.484. The number of amides is 1. The van der Waals surface area contributed by atoms with E-state index in [1.807, 2.05) is 24.3 Å². The number of anilines is 3. The SMILES string of the molecule is CC1COCCN1c1nc(-c2ccc(Nc3cccc(=O)[nH]3)cc2)nc2c1CCN(C(=O)C(C)(C)O)C2. The molecule has 5 rings (SSSR count). The third kappa shape index (κ3) is 5.35. The number of hydrogen-bond acceptors (Lipinski definition) is 8. The van der Waals surface area contributed by atoms with Gasteiger partial charge in [0.1, 0.15) is 17.2 Å². The molecule has 0 bridgehead atoms. The summed E-state index contributed by atoms with van der Waals surface area (Å²) in [5, 5.41) is 13.5. The molecule has 10 heteroatoms. The predicted molar refractivity (Wildman–Crippen MR) is 141 cm³/mol. The molecule has 2 aromatic heterocycles. The number of nitrogens with zero attached hydrogens (tertiary/aromatic N) is 4. The van der Waals surface area contributed by atoms with Crippen LogP contribution in [0.4, 0.5) is 17.3 Å². The standard InChI is InChI=1S/C27H32N6O4/c1-17-16-37-14-13-33(17)25-20-11-12-32(26(35)27(2,3)36)15-21(20)29-24(31-25)18-7-9-19(10-8-18)28-22-5-4-6-23(34)30-22/h4-10,17,36H,11-16H2,1-3H3,(H2,28,30,34). The Morgan fingerprint density at radius 1 is 1.16 bits per heavy atom. The number of carbonyl (C=O) groups is 1. The van der Waals surface area contributed by atoms with Crippen LogP contribution in [0, 0.1) is 0 Å². The summed E-state index contributed by atoms with van der Waals surface area (Å²) in [4.78, 5) is 41.0. The van der Waals surface area contributed by atoms with Crippen molar-refractivity contribution in [1.82, 2.24) is 19.9 Å². The van der Waals surface area contributed by atoms with Gasteiger partial charge in [-0.1, -0.05) is 6.07 Å². The highest BCUT2D eigenvalue weighted by molar-refractivity contribution is 5.84. The van der Waals surface area contributed by atoms with E-state index in [9.17, 15) is 14.7 Å². The molecule has 1 saturated heterocycles. The zero-order valence-corrected chi connectivity index (χ0v) is 21.3. The van der Waals surface area contributed by atoms with Crippen LogP contribution in [0.25, 0.3) is 11.4 Å². The second-order valence-electron chi connectivity index (χ2n) is 10.1. The summed E-state index contributed by atoms with van der Waals surface area (Å²) in [6.45, 7) is 7.95. The largest absolute Gasteiger partial charge is 0.381 e. The van der Waals surface area contributed by atoms with Crippen molar-refractivity contribution in [3.05, 3.63) is 64.1 Å². The third-order valence-electron chi connectivity index (χ3n) is 6.68. The van der Waals surface area contributed by atoms with Crippen LogP contribution >= 0.6 is 0 Å². The number of ether oxygens (including phenoxy) is 1. The third-order valence-corrected chi connectivity index (χ3v) is 6.68. The minimum absolute atomic E-state index is 0.163. The molecular formula is C27H32N6O4. The molecule has 2 aliphatic heterocycles. The molecular weight excluding hydrogens is 472 g/mol. The van der Waals surface area contributed by atoms with Crippen LogP contribution in [0.5, 0.6) is 0 Å². The first kappa shape index (κ1) is 24.9. The zero-order valence-electron chi connectivity index (χ0n) is 21.3. The van der Waals surface area contributed by atoms with Crippen molar-refractivity contribution in [2.75, 3.05) is 36.5 Å². The Kier molecular flexibility index (Phi) is 6.70. The van der Waals surface area contributed by atoms with E-state index < -0.39 is 5.60 Å². The van der Waals surface area contributed by atoms with Crippen LogP contribution in [0.15, 0.2) is 47.3 Å². The second-order valence-corrected chi connectivity index (χ2v) is 10.1. The first-order valence-electron chi connectivity index (χ1n) is 12.5. The number of fused-ring (bicyclic) bond motifs is 1. The summed E-state index contributed by atoms with van der Waals surface area (Å²) in [6.07, 6.45) is 0.620. The number of morpholine rings is 1. The number of rotatable bonds is 5. The summed E-state index contributed by atoms with van der Waals surface area (Å²) in [7, 11) is 0. The van der Waals surface area contributed by atoms with Crippen LogP contribution in [0.2, 0.25) is 0 Å². The fraction of sp³-hybridized carbons (Fsp3) is 0.407. The molecule has 1 unspecified atom stereocenters. The van der Waals surface area contributed by atoms with E-state index in [2.05, 4.69) is 22.1 Å². The summed E-state index contributed by atoms with van der Waals surface area (Å²) in [6, 6.07) is 12.8. The van der Waals surface area contributed by atoms with Gasteiger partial charge in [-0.15, -0.1) is 0 Å². The van der Waals surface area contributed by atoms with Gasteiger partial charge in [-0.05, 0) is 57.5 Å². The second kappa shape index (κ2) is 9.95. The molecule has 1 amide bonds. The lowest BCUT2D eigenvalue weighted by molar-refractivity contribution is -0.148. The lowest BCUT2D eigenvalue weighted by Gasteiger charge is -2.38. The van der Waals surface area contributed by atoms with Gasteiger partial charge in [-0.2, -0.15) is 0 Å². The number of aromatic amines is 1. The molecule has 0 spiro atoms. The first-order valence-corrected chi connectivity index (χ1v) is 12.5. The van der Waals surface area contributed by atoms with Gasteiger partial charge in [0.15, 0.2) is 5.82 Å². The Labute approximate surface area is 215 Å². The summed E-state index contributed by atoms with van der Waals surface area (Å²) >= 11 is 0. The molecule has 1 aromatic carbocycles. The summed E-state index contributed by atoms with van der Waals surface area (Å²) in [5.41, 5.74) is 1.87. The maximum absolute atomic E-state index is 12.8. The molecule has 0 radical (unpaired) electrons. The Morgan fingerprint density at radius 3 is 2.65 bits per heavy atom. The van der Waals surface area contributed by atoms with Crippen molar-refractivity contribution in [1.29, 1.82) is 0 Å². The molecule has 194 valence electrons. The zero-order chi connectivity index (χ0) is 26.2. The molecule has 0 aliphatic carbocycles. The van der Waals surface area contributed by atoms with E-state index in [1.54, 1.807) is 17.0 Å². The Bertz CT molecular complexity index is 1350. The average Bonchev–Trinajstić information content (AvgIpc) is 2.87. The van der Waals surface area contributed by atoms with Crippen LogP contribution < -0.4 is 15.8 Å². The van der Waals surface area contributed by atoms with Crippen molar-refractivity contribution in [3.63, 3.8) is 0 Å². The van der Waals surface area contributed by atoms with E-state index in [0.29, 0.717) is 44.4 Å². The van der Waals surface area contributed by atoms with E-state index in [4.69, 9.17) is 14.7 Å². The smallest absolute Gasteiger partial charge is 0.254 e. The highest BCUT2D eigenvalue weighted by Crippen LogP contribution is 2.32. The van der Waals surface area contributed by atoms with Gasteiger partial charge in [0.2, 0.25) is 5.56 Å². The minimum atomic E-state index is -1.44. The molecule has 37 heavy (non-hydrogen) atoms. The molecule has 2 aliphatic rings. The molecule has 1 fully saturated rings. The number of hydrogen-bond donors (Lipinski definition) is 3. The number of benzene rings is 1.